The van der Waals surface area contributed by atoms with Gasteiger partial charge in [0.05, 0.1) is 0 Å². The van der Waals surface area contributed by atoms with E-state index >= 15 is 0 Å². The third kappa shape index (κ3) is 3.57. The van der Waals surface area contributed by atoms with E-state index in [1.165, 1.54) is 0 Å². The molecule has 3 N–H and O–H groups in total. The second-order valence-corrected chi connectivity index (χ2v) is 3.35. The summed E-state index contributed by atoms with van der Waals surface area (Å²) in [6.45, 7) is 3.09. The minimum absolute atomic E-state index is 0.193. The Kier molecular flexibility index (Phi) is 4.03. The van der Waals surface area contributed by atoms with Crippen LogP contribution in [0.2, 0.25) is 0 Å². The Balaban J connectivity index is 4.06. The van der Waals surface area contributed by atoms with Crippen molar-refractivity contribution in [2.75, 3.05) is 5.88 Å². The van der Waals surface area contributed by atoms with Gasteiger partial charge in [0.15, 0.2) is 0 Å². The molecule has 0 aliphatic rings. The zero-order chi connectivity index (χ0) is 9.78. The van der Waals surface area contributed by atoms with Gasteiger partial charge in [-0.05, 0) is 13.8 Å². The minimum atomic E-state index is -0.997. The molecule has 5 heteroatoms. The normalized spacial score (nSPS) is 10.9. The Hall–Kier alpha value is -0.770. The van der Waals surface area contributed by atoms with E-state index in [9.17, 15) is 9.59 Å². The van der Waals surface area contributed by atoms with Gasteiger partial charge in [-0.15, -0.1) is 11.6 Å². The molecule has 0 unspecified atom stereocenters. The van der Waals surface area contributed by atoms with E-state index in [0.717, 1.165) is 0 Å². The molecule has 0 spiro atoms. The second-order valence-electron chi connectivity index (χ2n) is 2.98. The standard InChI is InChI=1S/C7H13ClN2O2/c1-7(2,6(9)12)10-5(11)3-4-8/h3-4H2,1-2H3,(H2,9,12)(H,10,11). The summed E-state index contributed by atoms with van der Waals surface area (Å²) in [7, 11) is 0. The van der Waals surface area contributed by atoms with E-state index in [4.69, 9.17) is 17.3 Å². The molecule has 0 aromatic heterocycles. The molecule has 0 saturated heterocycles. The monoisotopic (exact) mass is 192 g/mol. The van der Waals surface area contributed by atoms with Crippen molar-refractivity contribution < 1.29 is 9.59 Å². The number of halogens is 1. The summed E-state index contributed by atoms with van der Waals surface area (Å²) in [5, 5.41) is 2.46. The maximum Gasteiger partial charge on any atom is 0.242 e. The average molecular weight is 193 g/mol. The van der Waals surface area contributed by atoms with Crippen LogP contribution >= 0.6 is 11.6 Å². The van der Waals surface area contributed by atoms with Crippen molar-refractivity contribution in [3.8, 4) is 0 Å². The lowest BCUT2D eigenvalue weighted by Gasteiger charge is -2.21. The Morgan fingerprint density at radius 1 is 1.50 bits per heavy atom. The predicted molar refractivity (Wildman–Crippen MR) is 46.8 cm³/mol. The van der Waals surface area contributed by atoms with Crippen molar-refractivity contribution in [2.24, 2.45) is 5.73 Å². The van der Waals surface area contributed by atoms with Crippen LogP contribution < -0.4 is 11.1 Å². The molecule has 0 heterocycles. The molecular formula is C7H13ClN2O2. The lowest BCUT2D eigenvalue weighted by molar-refractivity contribution is -0.130. The molecule has 12 heavy (non-hydrogen) atoms. The Morgan fingerprint density at radius 3 is 2.33 bits per heavy atom. The molecule has 0 aromatic rings. The van der Waals surface area contributed by atoms with Crippen molar-refractivity contribution in [3.05, 3.63) is 0 Å². The van der Waals surface area contributed by atoms with Crippen molar-refractivity contribution in [2.45, 2.75) is 25.8 Å². The van der Waals surface area contributed by atoms with Gasteiger partial charge >= 0.3 is 0 Å². The number of hydrogen-bond acceptors (Lipinski definition) is 2. The molecule has 0 rings (SSSR count). The minimum Gasteiger partial charge on any atom is -0.368 e. The van der Waals surface area contributed by atoms with Crippen LogP contribution in [0.15, 0.2) is 0 Å². The summed E-state index contributed by atoms with van der Waals surface area (Å²) in [6, 6.07) is 0. The number of rotatable bonds is 4. The fourth-order valence-corrected chi connectivity index (χ4v) is 0.730. The van der Waals surface area contributed by atoms with E-state index in [0.29, 0.717) is 0 Å². The zero-order valence-electron chi connectivity index (χ0n) is 7.19. The van der Waals surface area contributed by atoms with Gasteiger partial charge in [-0.3, -0.25) is 9.59 Å². The van der Waals surface area contributed by atoms with E-state index < -0.39 is 11.4 Å². The number of amides is 2. The summed E-state index contributed by atoms with van der Waals surface area (Å²) in [4.78, 5) is 21.7. The number of nitrogens with one attached hydrogen (secondary N) is 1. The van der Waals surface area contributed by atoms with Gasteiger partial charge in [0.2, 0.25) is 11.8 Å². The van der Waals surface area contributed by atoms with E-state index in [-0.39, 0.29) is 18.2 Å². The van der Waals surface area contributed by atoms with Crippen LogP contribution in [0.25, 0.3) is 0 Å². The maximum atomic E-state index is 11.0. The summed E-state index contributed by atoms with van der Waals surface area (Å²) in [5.74, 6) is -0.597. The van der Waals surface area contributed by atoms with Crippen LogP contribution in [0.1, 0.15) is 20.3 Å². The highest BCUT2D eigenvalue weighted by Crippen LogP contribution is 2.00. The molecule has 0 aliphatic heterocycles. The van der Waals surface area contributed by atoms with Crippen LogP contribution in [0, 0.1) is 0 Å². The highest BCUT2D eigenvalue weighted by Gasteiger charge is 2.26. The Bertz CT molecular complexity index is 192. The molecular weight excluding hydrogens is 180 g/mol. The quantitative estimate of drug-likeness (QED) is 0.616. The van der Waals surface area contributed by atoms with Crippen LogP contribution in [-0.4, -0.2) is 23.2 Å². The topological polar surface area (TPSA) is 72.2 Å². The SMILES string of the molecule is CC(C)(NC(=O)CCCl)C(N)=O. The van der Waals surface area contributed by atoms with Crippen LogP contribution in [0.5, 0.6) is 0 Å². The molecule has 0 fully saturated rings. The number of alkyl halides is 1. The Labute approximate surface area is 76.4 Å². The first-order valence-electron chi connectivity index (χ1n) is 3.57. The largest absolute Gasteiger partial charge is 0.368 e. The highest BCUT2D eigenvalue weighted by atomic mass is 35.5. The van der Waals surface area contributed by atoms with E-state index in [1.807, 2.05) is 0 Å². The fourth-order valence-electron chi connectivity index (χ4n) is 0.558. The summed E-state index contributed by atoms with van der Waals surface area (Å²) in [6.07, 6.45) is 0.193. The summed E-state index contributed by atoms with van der Waals surface area (Å²) >= 11 is 5.33. The Morgan fingerprint density at radius 2 is 2.00 bits per heavy atom. The predicted octanol–water partition coefficient (Wildman–Crippen LogP) is -0.00460. The number of nitrogens with two attached hydrogens (primary N) is 1. The molecule has 0 aliphatic carbocycles. The number of carbonyl (C=O) groups is 2. The van der Waals surface area contributed by atoms with Crippen molar-refractivity contribution >= 4 is 23.4 Å². The average Bonchev–Trinajstić information content (AvgIpc) is 1.85. The number of carbonyl (C=O) groups excluding carboxylic acids is 2. The molecule has 0 radical (unpaired) electrons. The fraction of sp³-hybridized carbons (Fsp3) is 0.714. The van der Waals surface area contributed by atoms with Crippen molar-refractivity contribution in [1.82, 2.24) is 5.32 Å². The molecule has 0 aromatic carbocycles. The maximum absolute atomic E-state index is 11.0. The molecule has 70 valence electrons. The first kappa shape index (κ1) is 11.2. The zero-order valence-corrected chi connectivity index (χ0v) is 7.94. The third-order valence-electron chi connectivity index (χ3n) is 1.39. The van der Waals surface area contributed by atoms with Gasteiger partial charge in [0, 0.05) is 12.3 Å². The molecule has 2 amide bonds. The molecule has 0 atom stereocenters. The smallest absolute Gasteiger partial charge is 0.242 e. The second kappa shape index (κ2) is 4.30. The van der Waals surface area contributed by atoms with Crippen molar-refractivity contribution in [3.63, 3.8) is 0 Å². The molecule has 0 saturated carbocycles. The van der Waals surface area contributed by atoms with E-state index in [1.54, 1.807) is 13.8 Å². The van der Waals surface area contributed by atoms with Gasteiger partial charge in [0.25, 0.3) is 0 Å². The van der Waals surface area contributed by atoms with Crippen LogP contribution in [0.4, 0.5) is 0 Å². The van der Waals surface area contributed by atoms with Gasteiger partial charge in [0.1, 0.15) is 5.54 Å². The third-order valence-corrected chi connectivity index (χ3v) is 1.58. The number of hydrogen-bond donors (Lipinski definition) is 2. The van der Waals surface area contributed by atoms with Gasteiger partial charge in [-0.25, -0.2) is 0 Å². The van der Waals surface area contributed by atoms with E-state index in [2.05, 4.69) is 5.32 Å². The van der Waals surface area contributed by atoms with Gasteiger partial charge < -0.3 is 11.1 Å². The lowest BCUT2D eigenvalue weighted by Crippen LogP contribution is -2.53. The first-order valence-corrected chi connectivity index (χ1v) is 4.10. The van der Waals surface area contributed by atoms with Crippen LogP contribution in [0.3, 0.4) is 0 Å². The van der Waals surface area contributed by atoms with Crippen LogP contribution in [-0.2, 0) is 9.59 Å². The molecule has 0 bridgehead atoms. The molecule has 4 nitrogen and oxygen atoms in total. The van der Waals surface area contributed by atoms with Gasteiger partial charge in [-0.2, -0.15) is 0 Å². The highest BCUT2D eigenvalue weighted by molar-refractivity contribution is 6.19. The lowest BCUT2D eigenvalue weighted by atomic mass is 10.1. The first-order chi connectivity index (χ1) is 5.40. The number of primary amides is 1. The van der Waals surface area contributed by atoms with Gasteiger partial charge in [-0.1, -0.05) is 0 Å². The van der Waals surface area contributed by atoms with Crippen molar-refractivity contribution in [1.29, 1.82) is 0 Å². The summed E-state index contributed by atoms with van der Waals surface area (Å²) in [5.41, 5.74) is 4.03. The summed E-state index contributed by atoms with van der Waals surface area (Å²) < 4.78 is 0.